The number of amides is 1. The van der Waals surface area contributed by atoms with Gasteiger partial charge in [-0.05, 0) is 61.1 Å². The minimum absolute atomic E-state index is 0.140. The van der Waals surface area contributed by atoms with E-state index in [1.54, 1.807) is 7.05 Å². The zero-order valence-electron chi connectivity index (χ0n) is 18.3. The quantitative estimate of drug-likeness (QED) is 0.345. The van der Waals surface area contributed by atoms with Crippen molar-refractivity contribution < 1.29 is 4.79 Å². The Hall–Kier alpha value is -3.28. The maximum absolute atomic E-state index is 12.2. The second-order valence-electron chi connectivity index (χ2n) is 8.28. The van der Waals surface area contributed by atoms with Crippen molar-refractivity contribution in [3.05, 3.63) is 65.4 Å². The van der Waals surface area contributed by atoms with Crippen LogP contribution in [-0.4, -0.2) is 30.4 Å². The number of rotatable bonds is 7. The van der Waals surface area contributed by atoms with Gasteiger partial charge >= 0.3 is 0 Å². The lowest BCUT2D eigenvalue weighted by Crippen LogP contribution is -2.37. The smallest absolute Gasteiger partial charge is 0.227 e. The number of aromatic amines is 1. The van der Waals surface area contributed by atoms with Crippen molar-refractivity contribution in [2.75, 3.05) is 18.9 Å². The van der Waals surface area contributed by atoms with Crippen LogP contribution < -0.4 is 16.0 Å². The highest BCUT2D eigenvalue weighted by Crippen LogP contribution is 2.27. The number of H-pyrrole nitrogens is 1. The Labute approximate surface area is 183 Å². The van der Waals surface area contributed by atoms with Gasteiger partial charge in [-0.25, -0.2) is 0 Å². The number of carbonyl (C=O) groups excluding carboxylic acids is 1. The fourth-order valence-electron chi connectivity index (χ4n) is 3.90. The first-order valence-corrected chi connectivity index (χ1v) is 11.0. The van der Waals surface area contributed by atoms with Gasteiger partial charge in [0.15, 0.2) is 5.96 Å². The normalized spacial score (nSPS) is 14.3. The summed E-state index contributed by atoms with van der Waals surface area (Å²) in [6, 6.07) is 14.5. The van der Waals surface area contributed by atoms with Crippen molar-refractivity contribution in [3.63, 3.8) is 0 Å². The monoisotopic (exact) mass is 417 g/mol. The molecule has 0 atom stereocenters. The lowest BCUT2D eigenvalue weighted by atomic mass is 9.85. The minimum Gasteiger partial charge on any atom is -0.361 e. The van der Waals surface area contributed by atoms with Crippen LogP contribution in [0.25, 0.3) is 10.9 Å². The molecule has 4 N–H and O–H groups in total. The highest BCUT2D eigenvalue weighted by molar-refractivity contribution is 5.93. The molecule has 0 bridgehead atoms. The third-order valence-electron chi connectivity index (χ3n) is 5.96. The molecule has 162 valence electrons. The number of aryl methyl sites for hydroxylation is 1. The molecule has 3 aromatic rings. The summed E-state index contributed by atoms with van der Waals surface area (Å²) in [5.74, 6) is 1.09. The van der Waals surface area contributed by atoms with Crippen LogP contribution in [0, 0.1) is 12.8 Å². The van der Waals surface area contributed by atoms with Crippen LogP contribution in [0.15, 0.2) is 53.7 Å². The number of hydrogen-bond donors (Lipinski definition) is 4. The second-order valence-corrected chi connectivity index (χ2v) is 8.28. The van der Waals surface area contributed by atoms with E-state index < -0.39 is 0 Å². The number of aromatic nitrogens is 1. The summed E-state index contributed by atoms with van der Waals surface area (Å²) >= 11 is 0. The summed E-state index contributed by atoms with van der Waals surface area (Å²) < 4.78 is 0. The molecule has 6 heteroatoms. The first-order valence-electron chi connectivity index (χ1n) is 11.0. The summed E-state index contributed by atoms with van der Waals surface area (Å²) in [6.07, 6.45) is 6.17. The number of carbonyl (C=O) groups is 1. The molecule has 1 fully saturated rings. The molecule has 1 amide bonds. The zero-order valence-corrected chi connectivity index (χ0v) is 18.3. The largest absolute Gasteiger partial charge is 0.361 e. The maximum Gasteiger partial charge on any atom is 0.227 e. The molecule has 1 heterocycles. The van der Waals surface area contributed by atoms with E-state index >= 15 is 0 Å². The summed E-state index contributed by atoms with van der Waals surface area (Å²) in [4.78, 5) is 19.9. The summed E-state index contributed by atoms with van der Waals surface area (Å²) in [5.41, 5.74) is 5.69. The average Bonchev–Trinajstić information content (AvgIpc) is 3.11. The number of nitrogens with zero attached hydrogens (tertiary/aromatic N) is 1. The number of hydrogen-bond acceptors (Lipinski definition) is 2. The van der Waals surface area contributed by atoms with Crippen molar-refractivity contribution in [1.29, 1.82) is 0 Å². The molecule has 1 saturated carbocycles. The highest BCUT2D eigenvalue weighted by atomic mass is 16.1. The SMILES string of the molecule is CN=C(NCCc1c[nH]c2cc(C)ccc12)NCc1cccc(NC(=O)C2CCC2)c1. The van der Waals surface area contributed by atoms with Gasteiger partial charge in [-0.1, -0.05) is 30.7 Å². The molecule has 1 aliphatic carbocycles. The average molecular weight is 418 g/mol. The lowest BCUT2D eigenvalue weighted by Gasteiger charge is -2.24. The molecule has 31 heavy (non-hydrogen) atoms. The van der Waals surface area contributed by atoms with Crippen LogP contribution in [0.4, 0.5) is 5.69 Å². The minimum atomic E-state index is 0.140. The van der Waals surface area contributed by atoms with Crippen LogP contribution in [0.3, 0.4) is 0 Å². The number of benzene rings is 2. The Balaban J connectivity index is 1.26. The number of guanidine groups is 1. The highest BCUT2D eigenvalue weighted by Gasteiger charge is 2.25. The number of aliphatic imine (C=N–C) groups is 1. The lowest BCUT2D eigenvalue weighted by molar-refractivity contribution is -0.122. The van der Waals surface area contributed by atoms with Gasteiger partial charge in [-0.15, -0.1) is 0 Å². The van der Waals surface area contributed by atoms with E-state index in [0.29, 0.717) is 6.54 Å². The summed E-state index contributed by atoms with van der Waals surface area (Å²) in [7, 11) is 1.78. The van der Waals surface area contributed by atoms with Gasteiger partial charge in [-0.3, -0.25) is 9.79 Å². The van der Waals surface area contributed by atoms with Crippen LogP contribution in [0.1, 0.15) is 36.0 Å². The first-order chi connectivity index (χ1) is 15.1. The van der Waals surface area contributed by atoms with E-state index in [4.69, 9.17) is 0 Å². The topological polar surface area (TPSA) is 81.3 Å². The molecule has 1 aliphatic rings. The molecule has 6 nitrogen and oxygen atoms in total. The molecule has 0 aliphatic heterocycles. The molecule has 0 saturated heterocycles. The second kappa shape index (κ2) is 9.69. The summed E-state index contributed by atoms with van der Waals surface area (Å²) in [5, 5.41) is 11.1. The van der Waals surface area contributed by atoms with Gasteiger partial charge < -0.3 is 20.9 Å². The van der Waals surface area contributed by atoms with Crippen molar-refractivity contribution in [3.8, 4) is 0 Å². The van der Waals surface area contributed by atoms with E-state index in [-0.39, 0.29) is 11.8 Å². The maximum atomic E-state index is 12.2. The molecule has 0 radical (unpaired) electrons. The number of nitrogens with one attached hydrogen (secondary N) is 4. The van der Waals surface area contributed by atoms with E-state index in [1.165, 1.54) is 22.0 Å². The Morgan fingerprint density at radius 1 is 1.16 bits per heavy atom. The van der Waals surface area contributed by atoms with Crippen LogP contribution in [-0.2, 0) is 17.8 Å². The molecule has 2 aromatic carbocycles. The predicted octanol–water partition coefficient (Wildman–Crippen LogP) is 4.12. The third kappa shape index (κ3) is 5.26. The fraction of sp³-hybridized carbons (Fsp3) is 0.360. The van der Waals surface area contributed by atoms with Crippen molar-refractivity contribution in [1.82, 2.24) is 15.6 Å². The third-order valence-corrected chi connectivity index (χ3v) is 5.96. The molecule has 0 unspecified atom stereocenters. The van der Waals surface area contributed by atoms with Crippen LogP contribution in [0.2, 0.25) is 0 Å². The van der Waals surface area contributed by atoms with Crippen LogP contribution >= 0.6 is 0 Å². The molecule has 4 rings (SSSR count). The van der Waals surface area contributed by atoms with E-state index in [1.807, 2.05) is 24.3 Å². The van der Waals surface area contributed by atoms with Crippen molar-refractivity contribution in [2.24, 2.45) is 10.9 Å². The number of fused-ring (bicyclic) bond motifs is 1. The molecule has 0 spiro atoms. The van der Waals surface area contributed by atoms with Gasteiger partial charge in [0.1, 0.15) is 0 Å². The van der Waals surface area contributed by atoms with Gasteiger partial charge in [-0.2, -0.15) is 0 Å². The van der Waals surface area contributed by atoms with Crippen molar-refractivity contribution in [2.45, 2.75) is 39.2 Å². The Bertz CT molecular complexity index is 1080. The van der Waals surface area contributed by atoms with Gasteiger partial charge in [0.25, 0.3) is 0 Å². The zero-order chi connectivity index (χ0) is 21.6. The predicted molar refractivity (Wildman–Crippen MR) is 127 cm³/mol. The van der Waals surface area contributed by atoms with Gasteiger partial charge in [0, 0.05) is 48.8 Å². The van der Waals surface area contributed by atoms with E-state index in [0.717, 1.165) is 49.4 Å². The standard InChI is InChI=1S/C25H31N5O/c1-17-9-10-22-20(16-28-23(22)13-17)11-12-27-25(26-2)29-15-18-5-3-8-21(14-18)30-24(31)19-6-4-7-19/h3,5,8-10,13-14,16,19,28H,4,6-7,11-12,15H2,1-2H3,(H,30,31)(H2,26,27,29). The van der Waals surface area contributed by atoms with Crippen LogP contribution in [0.5, 0.6) is 0 Å². The van der Waals surface area contributed by atoms with E-state index in [2.05, 4.69) is 57.2 Å². The summed E-state index contributed by atoms with van der Waals surface area (Å²) in [6.45, 7) is 3.53. The van der Waals surface area contributed by atoms with Gasteiger partial charge in [0.2, 0.25) is 5.91 Å². The molecule has 1 aromatic heterocycles. The van der Waals surface area contributed by atoms with E-state index in [9.17, 15) is 4.79 Å². The van der Waals surface area contributed by atoms with Crippen molar-refractivity contribution >= 4 is 28.5 Å². The Kier molecular flexibility index (Phi) is 6.55. The Morgan fingerprint density at radius 3 is 2.81 bits per heavy atom. The Morgan fingerprint density at radius 2 is 2.03 bits per heavy atom. The first kappa shape index (κ1) is 21.0. The number of anilines is 1. The molecular formula is C25H31N5O. The van der Waals surface area contributed by atoms with Gasteiger partial charge in [0.05, 0.1) is 0 Å². The fourth-order valence-corrected chi connectivity index (χ4v) is 3.90. The molecular weight excluding hydrogens is 386 g/mol.